The van der Waals surface area contributed by atoms with Crippen LogP contribution in [0.4, 0.5) is 0 Å². The van der Waals surface area contributed by atoms with Crippen molar-refractivity contribution in [3.8, 4) is 0 Å². The summed E-state index contributed by atoms with van der Waals surface area (Å²) in [5.74, 6) is 0.762. The van der Waals surface area contributed by atoms with Crippen LogP contribution < -0.4 is 4.72 Å². The number of hydrogen-bond acceptors (Lipinski definition) is 6. The maximum absolute atomic E-state index is 12.6. The summed E-state index contributed by atoms with van der Waals surface area (Å²) in [4.78, 5) is 4.26. The van der Waals surface area contributed by atoms with Gasteiger partial charge in [0, 0.05) is 18.7 Å². The van der Waals surface area contributed by atoms with Crippen LogP contribution in [0.1, 0.15) is 31.7 Å². The van der Waals surface area contributed by atoms with E-state index in [2.05, 4.69) is 26.9 Å². The molecule has 1 aliphatic rings. The molecule has 1 N–H and O–H groups in total. The molecule has 0 bridgehead atoms. The normalized spacial score (nSPS) is 19.0. The van der Waals surface area contributed by atoms with E-state index < -0.39 is 10.0 Å². The fourth-order valence-electron chi connectivity index (χ4n) is 2.21. The number of nitrogens with one attached hydrogen (secondary N) is 1. The van der Waals surface area contributed by atoms with Gasteiger partial charge in [-0.1, -0.05) is 12.1 Å². The average molecular weight is 327 g/mol. The van der Waals surface area contributed by atoms with Gasteiger partial charge >= 0.3 is 0 Å². The lowest BCUT2D eigenvalue weighted by atomic mass is 10.1. The molecule has 22 heavy (non-hydrogen) atoms. The summed E-state index contributed by atoms with van der Waals surface area (Å²) in [6.07, 6.45) is 2.76. The van der Waals surface area contributed by atoms with E-state index in [9.17, 15) is 8.42 Å². The number of hydrazone groups is 1. The van der Waals surface area contributed by atoms with Crippen molar-refractivity contribution in [1.29, 1.82) is 0 Å². The Hall–Kier alpha value is -1.90. The average Bonchev–Trinajstić information content (AvgIpc) is 3.05. The van der Waals surface area contributed by atoms with Crippen LogP contribution in [0.2, 0.25) is 0 Å². The minimum atomic E-state index is -3.81. The predicted octanol–water partition coefficient (Wildman–Crippen LogP) is 1.27. The minimum absolute atomic E-state index is 0.0477. The summed E-state index contributed by atoms with van der Waals surface area (Å²) in [7, 11) is -3.81. The number of nitrogens with zero attached hydrogens (tertiary/aromatic N) is 4. The van der Waals surface area contributed by atoms with Gasteiger partial charge in [0.25, 0.3) is 10.0 Å². The molecule has 0 spiro atoms. The SMILES string of the molecule is CCN=C(NS(=O)(=O)c1c(C)noc1C)N1CC(CC)C=N1. The first-order valence-electron chi connectivity index (χ1n) is 7.20. The molecule has 0 saturated carbocycles. The minimum Gasteiger partial charge on any atom is -0.360 e. The lowest BCUT2D eigenvalue weighted by Crippen LogP contribution is -2.41. The third-order valence-electron chi connectivity index (χ3n) is 3.36. The summed E-state index contributed by atoms with van der Waals surface area (Å²) < 4.78 is 32.5. The molecule has 1 unspecified atom stereocenters. The van der Waals surface area contributed by atoms with E-state index >= 15 is 0 Å². The maximum Gasteiger partial charge on any atom is 0.269 e. The zero-order chi connectivity index (χ0) is 16.3. The number of guanidine groups is 1. The van der Waals surface area contributed by atoms with E-state index in [1.165, 1.54) is 0 Å². The number of hydrogen-bond donors (Lipinski definition) is 1. The van der Waals surface area contributed by atoms with Gasteiger partial charge in [0.1, 0.15) is 5.69 Å². The molecule has 0 aliphatic carbocycles. The molecular weight excluding hydrogens is 306 g/mol. The molecule has 1 aromatic rings. The molecule has 0 radical (unpaired) electrons. The molecule has 2 rings (SSSR count). The second-order valence-electron chi connectivity index (χ2n) is 5.07. The smallest absolute Gasteiger partial charge is 0.269 e. The van der Waals surface area contributed by atoms with Gasteiger partial charge in [-0.3, -0.25) is 4.99 Å². The highest BCUT2D eigenvalue weighted by Crippen LogP contribution is 2.19. The molecule has 1 aromatic heterocycles. The number of aromatic nitrogens is 1. The Morgan fingerprint density at radius 2 is 2.23 bits per heavy atom. The molecule has 0 saturated heterocycles. The highest BCUT2D eigenvalue weighted by atomic mass is 32.2. The van der Waals surface area contributed by atoms with Crippen molar-refractivity contribution < 1.29 is 12.9 Å². The molecule has 1 atom stereocenters. The molecule has 1 aliphatic heterocycles. The third-order valence-corrected chi connectivity index (χ3v) is 4.93. The first kappa shape index (κ1) is 16.5. The second-order valence-corrected chi connectivity index (χ2v) is 6.69. The van der Waals surface area contributed by atoms with E-state index in [-0.39, 0.29) is 16.6 Å². The topological polar surface area (TPSA) is 100 Å². The Bertz CT molecular complexity index is 673. The Balaban J connectivity index is 2.26. The number of aryl methyl sites for hydroxylation is 2. The van der Waals surface area contributed by atoms with Crippen LogP contribution in [0.25, 0.3) is 0 Å². The molecule has 122 valence electrons. The van der Waals surface area contributed by atoms with Gasteiger partial charge in [-0.25, -0.2) is 18.1 Å². The summed E-state index contributed by atoms with van der Waals surface area (Å²) in [6.45, 7) is 8.10. The first-order chi connectivity index (χ1) is 10.4. The van der Waals surface area contributed by atoms with Gasteiger partial charge in [-0.05, 0) is 27.2 Å². The fraction of sp³-hybridized carbons (Fsp3) is 0.615. The van der Waals surface area contributed by atoms with Gasteiger partial charge in [-0.2, -0.15) is 5.10 Å². The second kappa shape index (κ2) is 6.47. The van der Waals surface area contributed by atoms with Crippen molar-refractivity contribution in [2.45, 2.75) is 39.0 Å². The van der Waals surface area contributed by atoms with Crippen LogP contribution in [0.5, 0.6) is 0 Å². The quantitative estimate of drug-likeness (QED) is 0.663. The van der Waals surface area contributed by atoms with Gasteiger partial charge < -0.3 is 4.52 Å². The standard InChI is InChI=1S/C13H21N5O3S/c1-5-11-7-15-18(8-11)13(14-6-2)17-22(19,20)12-9(3)16-21-10(12)4/h7,11H,5-6,8H2,1-4H3,(H,14,17). The van der Waals surface area contributed by atoms with Crippen molar-refractivity contribution in [3.63, 3.8) is 0 Å². The molecular formula is C13H21N5O3S. The largest absolute Gasteiger partial charge is 0.360 e. The monoisotopic (exact) mass is 327 g/mol. The molecule has 2 heterocycles. The van der Waals surface area contributed by atoms with Crippen LogP contribution in [0.3, 0.4) is 0 Å². The van der Waals surface area contributed by atoms with Crippen LogP contribution in [-0.2, 0) is 10.0 Å². The van der Waals surface area contributed by atoms with Crippen molar-refractivity contribution in [2.24, 2.45) is 16.0 Å². The zero-order valence-electron chi connectivity index (χ0n) is 13.2. The number of rotatable bonds is 4. The lowest BCUT2D eigenvalue weighted by molar-refractivity contribution is 0.390. The Labute approximate surface area is 130 Å². The lowest BCUT2D eigenvalue weighted by Gasteiger charge is -2.19. The summed E-state index contributed by atoms with van der Waals surface area (Å²) in [5.41, 5.74) is 0.317. The molecule has 8 nitrogen and oxygen atoms in total. The summed E-state index contributed by atoms with van der Waals surface area (Å²) >= 11 is 0. The van der Waals surface area contributed by atoms with E-state index in [4.69, 9.17) is 4.52 Å². The molecule has 0 aromatic carbocycles. The van der Waals surface area contributed by atoms with Crippen molar-refractivity contribution in [2.75, 3.05) is 13.1 Å². The van der Waals surface area contributed by atoms with Crippen molar-refractivity contribution in [3.05, 3.63) is 11.5 Å². The highest BCUT2D eigenvalue weighted by molar-refractivity contribution is 7.90. The van der Waals surface area contributed by atoms with Crippen molar-refractivity contribution >= 4 is 22.2 Å². The molecule has 9 heteroatoms. The van der Waals surface area contributed by atoms with E-state index in [0.717, 1.165) is 6.42 Å². The third kappa shape index (κ3) is 3.29. The van der Waals surface area contributed by atoms with Gasteiger partial charge in [-0.15, -0.1) is 0 Å². The first-order valence-corrected chi connectivity index (χ1v) is 8.69. The van der Waals surface area contributed by atoms with Crippen LogP contribution in [0, 0.1) is 19.8 Å². The predicted molar refractivity (Wildman–Crippen MR) is 83.3 cm³/mol. The van der Waals surface area contributed by atoms with E-state index in [1.54, 1.807) is 18.9 Å². The van der Waals surface area contributed by atoms with Crippen LogP contribution in [-0.4, -0.2) is 43.8 Å². The maximum atomic E-state index is 12.6. The zero-order valence-corrected chi connectivity index (χ0v) is 14.0. The summed E-state index contributed by atoms with van der Waals surface area (Å²) in [6, 6.07) is 0. The van der Waals surface area contributed by atoms with Crippen molar-refractivity contribution in [1.82, 2.24) is 14.9 Å². The number of sulfonamides is 1. The Kier molecular flexibility index (Phi) is 4.84. The van der Waals surface area contributed by atoms with Gasteiger partial charge in [0.15, 0.2) is 10.7 Å². The van der Waals surface area contributed by atoms with Gasteiger partial charge in [0.2, 0.25) is 5.96 Å². The fourth-order valence-corrected chi connectivity index (χ4v) is 3.57. The van der Waals surface area contributed by atoms with Crippen LogP contribution in [0.15, 0.2) is 19.5 Å². The summed E-state index contributed by atoms with van der Waals surface area (Å²) in [5, 5.41) is 9.49. The Morgan fingerprint density at radius 3 is 2.73 bits per heavy atom. The molecule has 0 amide bonds. The highest BCUT2D eigenvalue weighted by Gasteiger charge is 2.29. The van der Waals surface area contributed by atoms with E-state index in [1.807, 2.05) is 13.1 Å². The Morgan fingerprint density at radius 1 is 1.50 bits per heavy atom. The van der Waals surface area contributed by atoms with Crippen LogP contribution >= 0.6 is 0 Å². The van der Waals surface area contributed by atoms with Gasteiger partial charge in [0.05, 0.1) is 6.54 Å². The molecule has 0 fully saturated rings. The van der Waals surface area contributed by atoms with E-state index in [0.29, 0.717) is 24.7 Å². The number of aliphatic imine (C=N–C) groups is 1.